The van der Waals surface area contributed by atoms with E-state index in [4.69, 9.17) is 9.29 Å². The fraction of sp³-hybridized carbons (Fsp3) is 0.800. The molecule has 0 amide bonds. The number of esters is 2. The van der Waals surface area contributed by atoms with Gasteiger partial charge in [-0.1, -0.05) is 71.6 Å². The Morgan fingerprint density at radius 1 is 0.929 bits per heavy atom. The molecule has 28 heavy (non-hydrogen) atoms. The Kier molecular flexibility index (Phi) is 15.7. The van der Waals surface area contributed by atoms with Crippen molar-refractivity contribution in [1.82, 2.24) is 0 Å². The lowest BCUT2D eigenvalue weighted by atomic mass is 10.1. The zero-order valence-corrected chi connectivity index (χ0v) is 18.0. The van der Waals surface area contributed by atoms with Crippen molar-refractivity contribution in [1.29, 1.82) is 0 Å². The lowest BCUT2D eigenvalue weighted by molar-refractivity contribution is -0.147. The molecule has 0 bridgehead atoms. The van der Waals surface area contributed by atoms with E-state index in [1.54, 1.807) is 6.92 Å². The topological polar surface area (TPSA) is 107 Å². The van der Waals surface area contributed by atoms with E-state index in [0.29, 0.717) is 12.8 Å². The number of rotatable bonds is 17. The van der Waals surface area contributed by atoms with E-state index in [0.717, 1.165) is 25.5 Å². The van der Waals surface area contributed by atoms with Crippen molar-refractivity contribution in [3.8, 4) is 0 Å². The maximum atomic E-state index is 11.8. The SMILES string of the molecule is CC/C=C/OC(=O)C(CC(=O)OCCCCCCCCCCCC)S(=O)(=O)O. The van der Waals surface area contributed by atoms with Crippen molar-refractivity contribution in [2.75, 3.05) is 6.61 Å². The van der Waals surface area contributed by atoms with Crippen molar-refractivity contribution in [2.45, 2.75) is 96.1 Å². The molecule has 0 spiro atoms. The van der Waals surface area contributed by atoms with Gasteiger partial charge < -0.3 is 9.47 Å². The fourth-order valence-electron chi connectivity index (χ4n) is 2.58. The first kappa shape index (κ1) is 26.6. The van der Waals surface area contributed by atoms with Crippen LogP contribution in [0.1, 0.15) is 90.9 Å². The molecule has 0 saturated heterocycles. The third kappa shape index (κ3) is 14.6. The van der Waals surface area contributed by atoms with Crippen molar-refractivity contribution >= 4 is 22.1 Å². The van der Waals surface area contributed by atoms with E-state index in [2.05, 4.69) is 11.7 Å². The molecular weight excluding hydrogens is 384 g/mol. The molecule has 0 aliphatic rings. The van der Waals surface area contributed by atoms with Gasteiger partial charge in [-0.2, -0.15) is 8.42 Å². The molecule has 1 unspecified atom stereocenters. The fourth-order valence-corrected chi connectivity index (χ4v) is 3.23. The predicted molar refractivity (Wildman–Crippen MR) is 108 cm³/mol. The highest BCUT2D eigenvalue weighted by molar-refractivity contribution is 7.87. The smallest absolute Gasteiger partial charge is 0.332 e. The van der Waals surface area contributed by atoms with Crippen LogP contribution < -0.4 is 0 Å². The molecule has 0 aromatic rings. The Bertz CT molecular complexity index is 555. The average Bonchev–Trinajstić information content (AvgIpc) is 2.63. The van der Waals surface area contributed by atoms with Crippen LogP contribution in [0.3, 0.4) is 0 Å². The molecule has 0 fully saturated rings. The summed E-state index contributed by atoms with van der Waals surface area (Å²) in [4.78, 5) is 23.5. The molecule has 1 atom stereocenters. The summed E-state index contributed by atoms with van der Waals surface area (Å²) in [5.41, 5.74) is 0. The average molecular weight is 421 g/mol. The zero-order chi connectivity index (χ0) is 21.3. The molecule has 0 heterocycles. The highest BCUT2D eigenvalue weighted by Crippen LogP contribution is 2.12. The number of hydrogen-bond acceptors (Lipinski definition) is 6. The number of hydrogen-bond donors (Lipinski definition) is 1. The van der Waals surface area contributed by atoms with Crippen molar-refractivity contribution in [3.63, 3.8) is 0 Å². The second kappa shape index (κ2) is 16.5. The summed E-state index contributed by atoms with van der Waals surface area (Å²) in [6.45, 7) is 4.17. The second-order valence-corrected chi connectivity index (χ2v) is 8.43. The molecule has 7 nitrogen and oxygen atoms in total. The van der Waals surface area contributed by atoms with Crippen LogP contribution in [0.4, 0.5) is 0 Å². The van der Waals surface area contributed by atoms with Gasteiger partial charge in [-0.25, -0.2) is 0 Å². The van der Waals surface area contributed by atoms with E-state index in [9.17, 15) is 18.0 Å². The number of unbranched alkanes of at least 4 members (excludes halogenated alkanes) is 9. The van der Waals surface area contributed by atoms with Gasteiger partial charge in [0.1, 0.15) is 0 Å². The minimum absolute atomic E-state index is 0.165. The molecule has 164 valence electrons. The first-order chi connectivity index (χ1) is 13.3. The normalized spacial score (nSPS) is 12.8. The Morgan fingerprint density at radius 3 is 1.96 bits per heavy atom. The minimum Gasteiger partial charge on any atom is -0.466 e. The molecule has 1 N–H and O–H groups in total. The molecule has 0 saturated carbocycles. The number of carbonyl (C=O) groups excluding carboxylic acids is 2. The first-order valence-electron chi connectivity index (χ1n) is 10.3. The summed E-state index contributed by atoms with van der Waals surface area (Å²) in [6.07, 6.45) is 13.8. The van der Waals surface area contributed by atoms with E-state index in [1.165, 1.54) is 44.6 Å². The van der Waals surface area contributed by atoms with Gasteiger partial charge in [-0.05, 0) is 18.9 Å². The minimum atomic E-state index is -4.76. The Balaban J connectivity index is 3.98. The van der Waals surface area contributed by atoms with Gasteiger partial charge in [0, 0.05) is 0 Å². The molecule has 0 aromatic carbocycles. The number of carbonyl (C=O) groups is 2. The van der Waals surface area contributed by atoms with E-state index < -0.39 is 33.7 Å². The van der Waals surface area contributed by atoms with Crippen LogP contribution in [0.15, 0.2) is 12.3 Å². The summed E-state index contributed by atoms with van der Waals surface area (Å²) in [7, 11) is -4.76. The van der Waals surface area contributed by atoms with Crippen LogP contribution in [0, 0.1) is 0 Å². The van der Waals surface area contributed by atoms with Gasteiger partial charge in [-0.15, -0.1) is 0 Å². The van der Waals surface area contributed by atoms with E-state index in [-0.39, 0.29) is 6.61 Å². The zero-order valence-electron chi connectivity index (χ0n) is 17.2. The van der Waals surface area contributed by atoms with Crippen molar-refractivity contribution in [2.24, 2.45) is 0 Å². The highest BCUT2D eigenvalue weighted by atomic mass is 32.2. The molecule has 0 aliphatic heterocycles. The lowest BCUT2D eigenvalue weighted by Gasteiger charge is -2.11. The van der Waals surface area contributed by atoms with Crippen LogP contribution in [0.2, 0.25) is 0 Å². The molecule has 0 aliphatic carbocycles. The first-order valence-corrected chi connectivity index (χ1v) is 11.8. The summed E-state index contributed by atoms with van der Waals surface area (Å²) in [6, 6.07) is 0. The Labute approximate surface area is 169 Å². The van der Waals surface area contributed by atoms with Crippen LogP contribution in [0.5, 0.6) is 0 Å². The third-order valence-corrected chi connectivity index (χ3v) is 5.33. The monoisotopic (exact) mass is 420 g/mol. The van der Waals surface area contributed by atoms with Crippen molar-refractivity contribution in [3.05, 3.63) is 12.3 Å². The maximum Gasteiger partial charge on any atom is 0.332 e. The van der Waals surface area contributed by atoms with Gasteiger partial charge in [-0.3, -0.25) is 14.1 Å². The molecule has 8 heteroatoms. The molecule has 0 rings (SSSR count). The van der Waals surface area contributed by atoms with Gasteiger partial charge in [0.15, 0.2) is 5.25 Å². The van der Waals surface area contributed by atoms with E-state index in [1.807, 2.05) is 0 Å². The highest BCUT2D eigenvalue weighted by Gasteiger charge is 2.35. The molecular formula is C20H36O7S. The number of ether oxygens (including phenoxy) is 2. The van der Waals surface area contributed by atoms with Crippen molar-refractivity contribution < 1.29 is 32.0 Å². The Hall–Kier alpha value is -1.41. The lowest BCUT2D eigenvalue weighted by Crippen LogP contribution is -2.33. The number of allylic oxidation sites excluding steroid dienone is 1. The van der Waals surface area contributed by atoms with Gasteiger partial charge in [0.05, 0.1) is 19.3 Å². The largest absolute Gasteiger partial charge is 0.466 e. The second-order valence-electron chi connectivity index (χ2n) is 6.83. The summed E-state index contributed by atoms with van der Waals surface area (Å²) in [5.74, 6) is -2.06. The third-order valence-electron chi connectivity index (χ3n) is 4.25. The standard InChI is InChI=1S/C20H36O7S/c1-3-5-7-8-9-10-11-12-13-14-16-26-19(21)17-18(28(23,24)25)20(22)27-15-6-4-2/h6,15,18H,3-5,7-14,16-17H2,1-2H3,(H,23,24,25)/b15-6+. The van der Waals surface area contributed by atoms with Crippen LogP contribution in [-0.2, 0) is 29.2 Å². The summed E-state index contributed by atoms with van der Waals surface area (Å²) in [5, 5.41) is -1.98. The Morgan fingerprint density at radius 2 is 1.46 bits per heavy atom. The van der Waals surface area contributed by atoms with Crippen LogP contribution >= 0.6 is 0 Å². The van der Waals surface area contributed by atoms with Gasteiger partial charge >= 0.3 is 11.9 Å². The molecule has 0 radical (unpaired) electrons. The van der Waals surface area contributed by atoms with Crippen LogP contribution in [0.25, 0.3) is 0 Å². The van der Waals surface area contributed by atoms with Gasteiger partial charge in [0.2, 0.25) is 0 Å². The quantitative estimate of drug-likeness (QED) is 0.159. The maximum absolute atomic E-state index is 11.8. The van der Waals surface area contributed by atoms with E-state index >= 15 is 0 Å². The predicted octanol–water partition coefficient (Wildman–Crippen LogP) is 4.56. The van der Waals surface area contributed by atoms with Gasteiger partial charge in [0.25, 0.3) is 10.1 Å². The summed E-state index contributed by atoms with van der Waals surface area (Å²) >= 11 is 0. The summed E-state index contributed by atoms with van der Waals surface area (Å²) < 4.78 is 41.4. The van der Waals surface area contributed by atoms with Crippen LogP contribution in [-0.4, -0.2) is 36.8 Å². The molecule has 0 aromatic heterocycles.